The van der Waals surface area contributed by atoms with Gasteiger partial charge in [-0.3, -0.25) is 9.59 Å². The summed E-state index contributed by atoms with van der Waals surface area (Å²) in [4.78, 5) is 28.4. The average Bonchev–Trinajstić information content (AvgIpc) is 3.19. The van der Waals surface area contributed by atoms with Crippen molar-refractivity contribution >= 4 is 23.4 Å². The number of amides is 2. The van der Waals surface area contributed by atoms with Crippen LogP contribution in [0.25, 0.3) is 0 Å². The highest BCUT2D eigenvalue weighted by Crippen LogP contribution is 2.29. The summed E-state index contributed by atoms with van der Waals surface area (Å²) in [6.07, 6.45) is 5.28. The standard InChI is InChI=1S/C19H24ClFN2O2/c1-22(18(24)9-14-6-7-15(21)10-17(14)20)11-13-8-19(25)23(12-13)16-4-2-3-5-16/h6-7,10,13,16H,2-5,8-9,11-12H2,1H3/t13-/m1/s1. The third kappa shape index (κ3) is 4.32. The molecule has 1 aromatic carbocycles. The van der Waals surface area contributed by atoms with Crippen molar-refractivity contribution in [3.05, 3.63) is 34.6 Å². The predicted molar refractivity (Wildman–Crippen MR) is 94.8 cm³/mol. The lowest BCUT2D eigenvalue weighted by molar-refractivity contribution is -0.130. The largest absolute Gasteiger partial charge is 0.345 e. The fourth-order valence-electron chi connectivity index (χ4n) is 3.95. The summed E-state index contributed by atoms with van der Waals surface area (Å²) in [6.45, 7) is 1.31. The van der Waals surface area contributed by atoms with Crippen LogP contribution in [-0.4, -0.2) is 47.8 Å². The van der Waals surface area contributed by atoms with Crippen LogP contribution in [0.1, 0.15) is 37.7 Å². The van der Waals surface area contributed by atoms with Gasteiger partial charge in [-0.15, -0.1) is 0 Å². The molecule has 0 aromatic heterocycles. The molecule has 1 saturated carbocycles. The number of rotatable bonds is 5. The van der Waals surface area contributed by atoms with Gasteiger partial charge in [0.25, 0.3) is 0 Å². The molecule has 2 fully saturated rings. The van der Waals surface area contributed by atoms with Crippen LogP contribution in [0.3, 0.4) is 0 Å². The van der Waals surface area contributed by atoms with Gasteiger partial charge in [-0.25, -0.2) is 4.39 Å². The lowest BCUT2D eigenvalue weighted by Crippen LogP contribution is -2.37. The van der Waals surface area contributed by atoms with Crippen molar-refractivity contribution in [2.45, 2.75) is 44.6 Å². The van der Waals surface area contributed by atoms with Crippen LogP contribution in [0.4, 0.5) is 4.39 Å². The first-order valence-electron chi connectivity index (χ1n) is 8.91. The van der Waals surface area contributed by atoms with Crippen molar-refractivity contribution in [3.63, 3.8) is 0 Å². The molecule has 0 N–H and O–H groups in total. The summed E-state index contributed by atoms with van der Waals surface area (Å²) in [5.41, 5.74) is 0.620. The van der Waals surface area contributed by atoms with E-state index in [2.05, 4.69) is 0 Å². The average molecular weight is 367 g/mol. The van der Waals surface area contributed by atoms with Crippen molar-refractivity contribution in [2.24, 2.45) is 5.92 Å². The molecule has 0 unspecified atom stereocenters. The Balaban J connectivity index is 1.54. The Hall–Kier alpha value is -1.62. The Morgan fingerprint density at radius 3 is 2.76 bits per heavy atom. The molecule has 0 radical (unpaired) electrons. The molecule has 3 rings (SSSR count). The predicted octanol–water partition coefficient (Wildman–Crippen LogP) is 3.27. The number of halogens is 2. The Morgan fingerprint density at radius 2 is 2.08 bits per heavy atom. The second kappa shape index (κ2) is 7.73. The molecule has 1 atom stereocenters. The summed E-state index contributed by atoms with van der Waals surface area (Å²) in [7, 11) is 1.75. The van der Waals surface area contributed by atoms with E-state index in [9.17, 15) is 14.0 Å². The van der Waals surface area contributed by atoms with Gasteiger partial charge in [0.1, 0.15) is 5.82 Å². The minimum Gasteiger partial charge on any atom is -0.345 e. The van der Waals surface area contributed by atoms with Gasteiger partial charge >= 0.3 is 0 Å². The van der Waals surface area contributed by atoms with Gasteiger partial charge in [0, 0.05) is 43.5 Å². The molecule has 6 heteroatoms. The lowest BCUT2D eigenvalue weighted by Gasteiger charge is -2.25. The molecule has 4 nitrogen and oxygen atoms in total. The van der Waals surface area contributed by atoms with Gasteiger partial charge in [-0.2, -0.15) is 0 Å². The molecule has 1 aliphatic carbocycles. The maximum atomic E-state index is 13.1. The number of likely N-dealkylation sites (tertiary alicyclic amines) is 1. The van der Waals surface area contributed by atoms with Crippen LogP contribution in [0.15, 0.2) is 18.2 Å². The minimum atomic E-state index is -0.411. The zero-order chi connectivity index (χ0) is 18.0. The van der Waals surface area contributed by atoms with Gasteiger partial charge < -0.3 is 9.80 Å². The molecular weight excluding hydrogens is 343 g/mol. The van der Waals surface area contributed by atoms with Crippen molar-refractivity contribution in [3.8, 4) is 0 Å². The highest BCUT2D eigenvalue weighted by atomic mass is 35.5. The molecule has 0 spiro atoms. The normalized spacial score (nSPS) is 21.2. The summed E-state index contributed by atoms with van der Waals surface area (Å²) < 4.78 is 13.1. The Bertz CT molecular complexity index is 661. The molecule has 25 heavy (non-hydrogen) atoms. The highest BCUT2D eigenvalue weighted by Gasteiger charge is 2.36. The molecule has 136 valence electrons. The first-order chi connectivity index (χ1) is 11.9. The number of nitrogens with zero attached hydrogens (tertiary/aromatic N) is 2. The first kappa shape index (κ1) is 18.2. The Morgan fingerprint density at radius 1 is 1.36 bits per heavy atom. The van der Waals surface area contributed by atoms with Gasteiger partial charge in [-0.1, -0.05) is 30.5 Å². The van der Waals surface area contributed by atoms with E-state index >= 15 is 0 Å². The Kier molecular flexibility index (Phi) is 5.62. The van der Waals surface area contributed by atoms with Crippen molar-refractivity contribution in [2.75, 3.05) is 20.1 Å². The van der Waals surface area contributed by atoms with Crippen molar-refractivity contribution < 1.29 is 14.0 Å². The number of hydrogen-bond acceptors (Lipinski definition) is 2. The van der Waals surface area contributed by atoms with E-state index in [1.807, 2.05) is 4.90 Å². The third-order valence-corrected chi connectivity index (χ3v) is 5.67. The van der Waals surface area contributed by atoms with E-state index in [1.54, 1.807) is 18.0 Å². The summed E-state index contributed by atoms with van der Waals surface area (Å²) in [5, 5.41) is 0.269. The monoisotopic (exact) mass is 366 g/mol. The number of likely N-dealkylation sites (N-methyl/N-ethyl adjacent to an activating group) is 1. The molecule has 1 heterocycles. The highest BCUT2D eigenvalue weighted by molar-refractivity contribution is 6.31. The third-order valence-electron chi connectivity index (χ3n) is 5.32. The summed E-state index contributed by atoms with van der Waals surface area (Å²) >= 11 is 6.00. The molecule has 2 aliphatic rings. The molecule has 1 aromatic rings. The van der Waals surface area contributed by atoms with E-state index in [-0.39, 0.29) is 29.2 Å². The second-order valence-corrected chi connectivity index (χ2v) is 7.65. The number of benzene rings is 1. The van der Waals surface area contributed by atoms with Crippen LogP contribution in [0.2, 0.25) is 5.02 Å². The number of carbonyl (C=O) groups excluding carboxylic acids is 2. The van der Waals surface area contributed by atoms with E-state index < -0.39 is 5.82 Å². The van der Waals surface area contributed by atoms with Crippen LogP contribution in [-0.2, 0) is 16.0 Å². The number of carbonyl (C=O) groups is 2. The summed E-state index contributed by atoms with van der Waals surface area (Å²) in [5.74, 6) is -0.0728. The van der Waals surface area contributed by atoms with Crippen molar-refractivity contribution in [1.29, 1.82) is 0 Å². The number of hydrogen-bond donors (Lipinski definition) is 0. The van der Waals surface area contributed by atoms with Gasteiger partial charge in [0.2, 0.25) is 11.8 Å². The maximum absolute atomic E-state index is 13.1. The molecule has 0 bridgehead atoms. The molecular formula is C19H24ClFN2O2. The fourth-order valence-corrected chi connectivity index (χ4v) is 4.19. The Labute approximate surface area is 152 Å². The molecule has 2 amide bonds. The quantitative estimate of drug-likeness (QED) is 0.802. The van der Waals surface area contributed by atoms with Gasteiger partial charge in [0.05, 0.1) is 6.42 Å². The van der Waals surface area contributed by atoms with Crippen LogP contribution in [0, 0.1) is 11.7 Å². The lowest BCUT2D eigenvalue weighted by atomic mass is 10.1. The van der Waals surface area contributed by atoms with Crippen LogP contribution in [0.5, 0.6) is 0 Å². The van der Waals surface area contributed by atoms with E-state index in [0.29, 0.717) is 24.6 Å². The van der Waals surface area contributed by atoms with E-state index in [1.165, 1.54) is 25.0 Å². The van der Waals surface area contributed by atoms with Crippen LogP contribution >= 0.6 is 11.6 Å². The SMILES string of the molecule is CN(C[C@H]1CC(=O)N(C2CCCC2)C1)C(=O)Cc1ccc(F)cc1Cl. The van der Waals surface area contributed by atoms with Gasteiger partial charge in [0.15, 0.2) is 0 Å². The van der Waals surface area contributed by atoms with E-state index in [4.69, 9.17) is 11.6 Å². The first-order valence-corrected chi connectivity index (χ1v) is 9.29. The zero-order valence-electron chi connectivity index (χ0n) is 14.5. The van der Waals surface area contributed by atoms with Crippen LogP contribution < -0.4 is 0 Å². The fraction of sp³-hybridized carbons (Fsp3) is 0.579. The summed E-state index contributed by atoms with van der Waals surface area (Å²) in [6, 6.07) is 4.48. The van der Waals surface area contributed by atoms with Crippen molar-refractivity contribution in [1.82, 2.24) is 9.80 Å². The minimum absolute atomic E-state index is 0.0692. The smallest absolute Gasteiger partial charge is 0.226 e. The molecule has 1 aliphatic heterocycles. The molecule has 1 saturated heterocycles. The topological polar surface area (TPSA) is 40.6 Å². The zero-order valence-corrected chi connectivity index (χ0v) is 15.3. The van der Waals surface area contributed by atoms with E-state index in [0.717, 1.165) is 19.4 Å². The van der Waals surface area contributed by atoms with Gasteiger partial charge in [-0.05, 0) is 30.5 Å². The maximum Gasteiger partial charge on any atom is 0.226 e. The second-order valence-electron chi connectivity index (χ2n) is 7.24.